The van der Waals surface area contributed by atoms with Gasteiger partial charge in [0.2, 0.25) is 0 Å². The quantitative estimate of drug-likeness (QED) is 0.750. The molecule has 2 rings (SSSR count). The molecule has 0 spiro atoms. The van der Waals surface area contributed by atoms with Crippen molar-refractivity contribution in [2.24, 2.45) is 17.8 Å². The maximum atomic E-state index is 12.0. The molecule has 0 atom stereocenters. The van der Waals surface area contributed by atoms with E-state index in [9.17, 15) is 4.79 Å². The molecule has 0 aromatic heterocycles. The Morgan fingerprint density at radius 2 is 1.52 bits per heavy atom. The van der Waals surface area contributed by atoms with Crippen LogP contribution in [-0.2, 0) is 4.79 Å². The van der Waals surface area contributed by atoms with Crippen molar-refractivity contribution in [1.29, 1.82) is 0 Å². The standard InChI is InChI=1S/C18H34N2O/c1-4-5-18(21)17-8-12-20(13-9-17)14-19-10-6-16(7-11-19)15(2)3/h15-17H,4-14H2,1-3H3. The Morgan fingerprint density at radius 1 is 1.00 bits per heavy atom. The molecule has 2 saturated heterocycles. The second-order valence-electron chi connectivity index (χ2n) is 7.45. The second-order valence-corrected chi connectivity index (χ2v) is 7.45. The first-order valence-corrected chi connectivity index (χ1v) is 9.07. The van der Waals surface area contributed by atoms with E-state index in [0.29, 0.717) is 11.7 Å². The fourth-order valence-electron chi connectivity index (χ4n) is 3.89. The Balaban J connectivity index is 1.66. The predicted octanol–water partition coefficient (Wildman–Crippen LogP) is 3.39. The summed E-state index contributed by atoms with van der Waals surface area (Å²) in [5, 5.41) is 0. The van der Waals surface area contributed by atoms with Crippen LogP contribution in [0.5, 0.6) is 0 Å². The lowest BCUT2D eigenvalue weighted by Gasteiger charge is -2.39. The lowest BCUT2D eigenvalue weighted by atomic mass is 9.87. The number of carbonyl (C=O) groups excluding carboxylic acids is 1. The van der Waals surface area contributed by atoms with Gasteiger partial charge >= 0.3 is 0 Å². The third-order valence-electron chi connectivity index (χ3n) is 5.51. The molecule has 0 amide bonds. The van der Waals surface area contributed by atoms with Gasteiger partial charge in [-0.3, -0.25) is 14.6 Å². The summed E-state index contributed by atoms with van der Waals surface area (Å²) in [7, 11) is 0. The van der Waals surface area contributed by atoms with E-state index < -0.39 is 0 Å². The van der Waals surface area contributed by atoms with E-state index in [0.717, 1.165) is 57.3 Å². The summed E-state index contributed by atoms with van der Waals surface area (Å²) >= 11 is 0. The van der Waals surface area contributed by atoms with Crippen LogP contribution in [-0.4, -0.2) is 48.4 Å². The molecule has 0 bridgehead atoms. The second kappa shape index (κ2) is 8.28. The number of ketones is 1. The third kappa shape index (κ3) is 5.07. The monoisotopic (exact) mass is 294 g/mol. The van der Waals surface area contributed by atoms with Crippen LogP contribution in [0, 0.1) is 17.8 Å². The summed E-state index contributed by atoms with van der Waals surface area (Å²) in [4.78, 5) is 17.1. The number of rotatable bonds is 6. The zero-order valence-corrected chi connectivity index (χ0v) is 14.3. The molecule has 122 valence electrons. The van der Waals surface area contributed by atoms with E-state index in [1.54, 1.807) is 0 Å². The average molecular weight is 294 g/mol. The molecule has 2 aliphatic heterocycles. The molecule has 3 nitrogen and oxygen atoms in total. The van der Waals surface area contributed by atoms with Crippen LogP contribution in [0.25, 0.3) is 0 Å². The molecule has 0 aromatic carbocycles. The molecule has 2 heterocycles. The molecule has 0 radical (unpaired) electrons. The lowest BCUT2D eigenvalue weighted by molar-refractivity contribution is -0.124. The fourth-order valence-corrected chi connectivity index (χ4v) is 3.89. The van der Waals surface area contributed by atoms with Crippen molar-refractivity contribution in [1.82, 2.24) is 9.80 Å². The van der Waals surface area contributed by atoms with Crippen molar-refractivity contribution >= 4 is 5.78 Å². The minimum atomic E-state index is 0.355. The fraction of sp³-hybridized carbons (Fsp3) is 0.944. The summed E-state index contributed by atoms with van der Waals surface area (Å²) in [6, 6.07) is 0. The van der Waals surface area contributed by atoms with Gasteiger partial charge in [-0.05, 0) is 57.0 Å². The molecule has 21 heavy (non-hydrogen) atoms. The van der Waals surface area contributed by atoms with E-state index in [-0.39, 0.29) is 0 Å². The molecule has 0 aliphatic carbocycles. The van der Waals surface area contributed by atoms with Gasteiger partial charge in [0.25, 0.3) is 0 Å². The molecule has 2 aliphatic rings. The highest BCUT2D eigenvalue weighted by Gasteiger charge is 2.27. The number of likely N-dealkylation sites (tertiary alicyclic amines) is 2. The van der Waals surface area contributed by atoms with E-state index >= 15 is 0 Å². The Hall–Kier alpha value is -0.410. The smallest absolute Gasteiger partial charge is 0.136 e. The summed E-state index contributed by atoms with van der Waals surface area (Å²) in [5.41, 5.74) is 0. The molecule has 2 fully saturated rings. The van der Waals surface area contributed by atoms with Gasteiger partial charge in [-0.1, -0.05) is 20.8 Å². The summed E-state index contributed by atoms with van der Waals surface area (Å²) in [5.74, 6) is 2.63. The summed E-state index contributed by atoms with van der Waals surface area (Å²) in [6.45, 7) is 12.7. The SMILES string of the molecule is CCCC(=O)C1CCN(CN2CCC(C(C)C)CC2)CC1. The zero-order valence-electron chi connectivity index (χ0n) is 14.3. The summed E-state index contributed by atoms with van der Waals surface area (Å²) < 4.78 is 0. The molecule has 0 saturated carbocycles. The van der Waals surface area contributed by atoms with Crippen molar-refractivity contribution in [3.05, 3.63) is 0 Å². The lowest BCUT2D eigenvalue weighted by Crippen LogP contribution is -2.46. The molecule has 3 heteroatoms. The van der Waals surface area contributed by atoms with Crippen molar-refractivity contribution < 1.29 is 4.79 Å². The van der Waals surface area contributed by atoms with Crippen molar-refractivity contribution in [3.63, 3.8) is 0 Å². The molecule has 0 aromatic rings. The number of piperidine rings is 2. The highest BCUT2D eigenvalue weighted by molar-refractivity contribution is 5.81. The van der Waals surface area contributed by atoms with Crippen molar-refractivity contribution in [3.8, 4) is 0 Å². The zero-order chi connectivity index (χ0) is 15.2. The van der Waals surface area contributed by atoms with Gasteiger partial charge in [0.05, 0.1) is 6.67 Å². The molecular formula is C18H34N2O. The van der Waals surface area contributed by atoms with E-state index in [1.165, 1.54) is 25.9 Å². The number of Topliss-reactive ketones (excluding diaryl/α,β-unsaturated/α-hetero) is 1. The Kier molecular flexibility index (Phi) is 6.69. The normalized spacial score (nSPS) is 23.8. The molecule has 0 N–H and O–H groups in total. The highest BCUT2D eigenvalue weighted by atomic mass is 16.1. The van der Waals surface area contributed by atoms with Crippen LogP contribution in [0.1, 0.15) is 59.3 Å². The Bertz CT molecular complexity index is 313. The predicted molar refractivity (Wildman–Crippen MR) is 88.2 cm³/mol. The van der Waals surface area contributed by atoms with E-state index in [2.05, 4.69) is 30.6 Å². The summed E-state index contributed by atoms with van der Waals surface area (Å²) in [6.07, 6.45) is 6.69. The number of carbonyl (C=O) groups is 1. The van der Waals surface area contributed by atoms with Crippen LogP contribution >= 0.6 is 0 Å². The van der Waals surface area contributed by atoms with Gasteiger partial charge in [-0.2, -0.15) is 0 Å². The van der Waals surface area contributed by atoms with E-state index in [4.69, 9.17) is 0 Å². The van der Waals surface area contributed by atoms with Gasteiger partial charge in [0, 0.05) is 25.4 Å². The van der Waals surface area contributed by atoms with Gasteiger partial charge in [0.1, 0.15) is 5.78 Å². The topological polar surface area (TPSA) is 23.6 Å². The van der Waals surface area contributed by atoms with Crippen LogP contribution in [0.4, 0.5) is 0 Å². The van der Waals surface area contributed by atoms with Gasteiger partial charge < -0.3 is 0 Å². The minimum absolute atomic E-state index is 0.355. The van der Waals surface area contributed by atoms with E-state index in [1.807, 2.05) is 0 Å². The Labute approximate surface area is 131 Å². The largest absolute Gasteiger partial charge is 0.299 e. The average Bonchev–Trinajstić information content (AvgIpc) is 2.49. The van der Waals surface area contributed by atoms with Crippen molar-refractivity contribution in [2.75, 3.05) is 32.8 Å². The van der Waals surface area contributed by atoms with Crippen LogP contribution in [0.15, 0.2) is 0 Å². The van der Waals surface area contributed by atoms with Crippen LogP contribution in [0.2, 0.25) is 0 Å². The van der Waals surface area contributed by atoms with Gasteiger partial charge in [0.15, 0.2) is 0 Å². The maximum Gasteiger partial charge on any atom is 0.136 e. The molecular weight excluding hydrogens is 260 g/mol. The maximum absolute atomic E-state index is 12.0. The minimum Gasteiger partial charge on any atom is -0.299 e. The first kappa shape index (κ1) is 17.0. The number of hydrogen-bond donors (Lipinski definition) is 0. The van der Waals surface area contributed by atoms with Crippen LogP contribution < -0.4 is 0 Å². The van der Waals surface area contributed by atoms with Crippen LogP contribution in [0.3, 0.4) is 0 Å². The first-order chi connectivity index (χ1) is 10.1. The van der Waals surface area contributed by atoms with Crippen molar-refractivity contribution in [2.45, 2.75) is 59.3 Å². The Morgan fingerprint density at radius 3 is 2.00 bits per heavy atom. The van der Waals surface area contributed by atoms with Gasteiger partial charge in [-0.15, -0.1) is 0 Å². The highest BCUT2D eigenvalue weighted by Crippen LogP contribution is 2.25. The first-order valence-electron chi connectivity index (χ1n) is 9.07. The number of hydrogen-bond acceptors (Lipinski definition) is 3. The van der Waals surface area contributed by atoms with Gasteiger partial charge in [-0.25, -0.2) is 0 Å². The molecule has 0 unspecified atom stereocenters. The number of nitrogens with zero attached hydrogens (tertiary/aromatic N) is 2. The third-order valence-corrected chi connectivity index (χ3v) is 5.51.